The Bertz CT molecular complexity index is 1070. The van der Waals surface area contributed by atoms with Crippen molar-refractivity contribution in [3.63, 3.8) is 0 Å². The zero-order valence-electron chi connectivity index (χ0n) is 15.0. The predicted octanol–water partition coefficient (Wildman–Crippen LogP) is 5.58. The van der Waals surface area contributed by atoms with E-state index < -0.39 is 0 Å². The molecule has 0 unspecified atom stereocenters. The lowest BCUT2D eigenvalue weighted by molar-refractivity contribution is 0.529. The molecule has 2 aromatic heterocycles. The van der Waals surface area contributed by atoms with E-state index in [1.165, 1.54) is 23.3 Å². The number of imidazole rings is 1. The van der Waals surface area contributed by atoms with Gasteiger partial charge in [0.15, 0.2) is 10.9 Å². The summed E-state index contributed by atoms with van der Waals surface area (Å²) in [5.74, 6) is 1.52. The topological polar surface area (TPSA) is 43.9 Å². The Morgan fingerprint density at radius 2 is 1.85 bits per heavy atom. The predicted molar refractivity (Wildman–Crippen MR) is 104 cm³/mol. The Labute approximate surface area is 161 Å². The van der Waals surface area contributed by atoms with Crippen LogP contribution in [0.1, 0.15) is 17.0 Å². The highest BCUT2D eigenvalue weighted by Gasteiger charge is 2.11. The second-order valence-corrected chi connectivity index (χ2v) is 7.20. The molecule has 0 saturated heterocycles. The molecule has 136 valence electrons. The molecular weight excluding hydrogens is 361 g/mol. The summed E-state index contributed by atoms with van der Waals surface area (Å²) in [6, 6.07) is 12.5. The van der Waals surface area contributed by atoms with Crippen LogP contribution in [0.15, 0.2) is 70.6 Å². The number of rotatable bonds is 5. The summed E-state index contributed by atoms with van der Waals surface area (Å²) in [6.45, 7) is 4.20. The fraction of sp³-hybridized carbons (Fsp3) is 0.143. The van der Waals surface area contributed by atoms with Gasteiger partial charge in [0.1, 0.15) is 5.82 Å². The van der Waals surface area contributed by atoms with Gasteiger partial charge in [-0.05, 0) is 61.4 Å². The van der Waals surface area contributed by atoms with Crippen LogP contribution in [0.25, 0.3) is 17.0 Å². The van der Waals surface area contributed by atoms with Crippen molar-refractivity contribution in [1.82, 2.24) is 14.5 Å². The molecule has 0 spiro atoms. The molecule has 6 heteroatoms. The van der Waals surface area contributed by atoms with Crippen LogP contribution in [0, 0.1) is 19.7 Å². The molecule has 4 rings (SSSR count). The molecule has 4 aromatic rings. The van der Waals surface area contributed by atoms with Crippen LogP contribution in [0.5, 0.6) is 0 Å². The third-order valence-corrected chi connectivity index (χ3v) is 5.33. The van der Waals surface area contributed by atoms with Crippen molar-refractivity contribution in [1.29, 1.82) is 0 Å². The van der Waals surface area contributed by atoms with Gasteiger partial charge < -0.3 is 4.42 Å². The van der Waals surface area contributed by atoms with E-state index in [2.05, 4.69) is 46.6 Å². The first-order valence-corrected chi connectivity index (χ1v) is 9.53. The fourth-order valence-electron chi connectivity index (χ4n) is 2.72. The maximum atomic E-state index is 13.1. The summed E-state index contributed by atoms with van der Waals surface area (Å²) < 4.78 is 20.9. The van der Waals surface area contributed by atoms with E-state index in [1.807, 2.05) is 6.20 Å². The summed E-state index contributed by atoms with van der Waals surface area (Å²) in [5, 5.41) is 0.875. The fourth-order valence-corrected chi connectivity index (χ4v) is 3.55. The molecule has 0 amide bonds. The van der Waals surface area contributed by atoms with Gasteiger partial charge >= 0.3 is 0 Å². The van der Waals surface area contributed by atoms with Gasteiger partial charge in [-0.1, -0.05) is 17.8 Å². The first-order chi connectivity index (χ1) is 13.1. The highest BCUT2D eigenvalue weighted by Crippen LogP contribution is 2.27. The van der Waals surface area contributed by atoms with E-state index in [4.69, 9.17) is 4.42 Å². The van der Waals surface area contributed by atoms with Gasteiger partial charge in [-0.25, -0.2) is 14.4 Å². The van der Waals surface area contributed by atoms with Gasteiger partial charge in [0.2, 0.25) is 5.89 Å². The van der Waals surface area contributed by atoms with Crippen molar-refractivity contribution in [3.8, 4) is 17.0 Å². The summed E-state index contributed by atoms with van der Waals surface area (Å²) in [6.07, 6.45) is 5.40. The monoisotopic (exact) mass is 379 g/mol. The molecule has 0 N–H and O–H groups in total. The van der Waals surface area contributed by atoms with Gasteiger partial charge in [-0.15, -0.1) is 0 Å². The number of aryl methyl sites for hydroxylation is 2. The molecule has 0 fully saturated rings. The van der Waals surface area contributed by atoms with Crippen LogP contribution in [-0.2, 0) is 5.75 Å². The molecule has 4 nitrogen and oxygen atoms in total. The number of aromatic nitrogens is 3. The second-order valence-electron chi connectivity index (χ2n) is 6.26. The molecule has 2 aromatic carbocycles. The number of benzene rings is 2. The third kappa shape index (κ3) is 3.80. The first-order valence-electron chi connectivity index (χ1n) is 8.54. The molecule has 27 heavy (non-hydrogen) atoms. The van der Waals surface area contributed by atoms with Crippen molar-refractivity contribution in [2.45, 2.75) is 24.8 Å². The highest BCUT2D eigenvalue weighted by atomic mass is 32.2. The molecule has 0 aliphatic carbocycles. The van der Waals surface area contributed by atoms with E-state index >= 15 is 0 Å². The van der Waals surface area contributed by atoms with Crippen molar-refractivity contribution < 1.29 is 8.81 Å². The largest absolute Gasteiger partial charge is 0.440 e. The smallest absolute Gasteiger partial charge is 0.205 e. The Hall–Kier alpha value is -2.86. The standard InChI is InChI=1S/C21H18FN3OS/c1-14-3-8-18(11-15(14)2)25-10-9-23-21(25)27-13-20-24-12-19(26-20)16-4-6-17(22)7-5-16/h3-12H,13H2,1-2H3. The molecule has 0 atom stereocenters. The first kappa shape index (κ1) is 17.5. The number of hydrogen-bond donors (Lipinski definition) is 0. The van der Waals surface area contributed by atoms with Crippen LogP contribution < -0.4 is 0 Å². The molecule has 0 saturated carbocycles. The molecule has 0 aliphatic heterocycles. The average molecular weight is 379 g/mol. The van der Waals surface area contributed by atoms with E-state index in [0.717, 1.165) is 16.4 Å². The van der Waals surface area contributed by atoms with Crippen LogP contribution in [0.2, 0.25) is 0 Å². The van der Waals surface area contributed by atoms with Crippen molar-refractivity contribution in [3.05, 3.63) is 83.9 Å². The molecule has 0 bridgehead atoms. The van der Waals surface area contributed by atoms with Gasteiger partial charge in [0.05, 0.1) is 11.9 Å². The Balaban J connectivity index is 1.49. The van der Waals surface area contributed by atoms with Gasteiger partial charge in [0, 0.05) is 23.6 Å². The molecular formula is C21H18FN3OS. The van der Waals surface area contributed by atoms with E-state index in [-0.39, 0.29) is 5.82 Å². The van der Waals surface area contributed by atoms with Crippen LogP contribution >= 0.6 is 11.8 Å². The minimum atomic E-state index is -0.271. The maximum Gasteiger partial charge on any atom is 0.205 e. The molecule has 2 heterocycles. The normalized spacial score (nSPS) is 11.1. The van der Waals surface area contributed by atoms with E-state index in [1.54, 1.807) is 36.3 Å². The van der Waals surface area contributed by atoms with E-state index in [9.17, 15) is 4.39 Å². The van der Waals surface area contributed by atoms with Crippen molar-refractivity contribution in [2.75, 3.05) is 0 Å². The lowest BCUT2D eigenvalue weighted by Gasteiger charge is -2.09. The van der Waals surface area contributed by atoms with Gasteiger partial charge in [-0.2, -0.15) is 0 Å². The van der Waals surface area contributed by atoms with Crippen LogP contribution in [-0.4, -0.2) is 14.5 Å². The minimum Gasteiger partial charge on any atom is -0.440 e. The molecule has 0 radical (unpaired) electrons. The van der Waals surface area contributed by atoms with Crippen LogP contribution in [0.4, 0.5) is 4.39 Å². The number of hydrogen-bond acceptors (Lipinski definition) is 4. The summed E-state index contributed by atoms with van der Waals surface area (Å²) in [7, 11) is 0. The zero-order chi connectivity index (χ0) is 18.8. The van der Waals surface area contributed by atoms with Gasteiger partial charge in [0.25, 0.3) is 0 Å². The number of oxazole rings is 1. The highest BCUT2D eigenvalue weighted by molar-refractivity contribution is 7.98. The van der Waals surface area contributed by atoms with Gasteiger partial charge in [-0.3, -0.25) is 4.57 Å². The number of thioether (sulfide) groups is 1. The minimum absolute atomic E-state index is 0.271. The Morgan fingerprint density at radius 1 is 1.04 bits per heavy atom. The zero-order valence-corrected chi connectivity index (χ0v) is 15.8. The number of halogens is 1. The number of nitrogens with zero attached hydrogens (tertiary/aromatic N) is 3. The summed E-state index contributed by atoms with van der Waals surface area (Å²) in [4.78, 5) is 8.77. The Kier molecular flexibility index (Phi) is 4.81. The Morgan fingerprint density at radius 3 is 2.63 bits per heavy atom. The average Bonchev–Trinajstić information content (AvgIpc) is 3.32. The quantitative estimate of drug-likeness (QED) is 0.425. The third-order valence-electron chi connectivity index (χ3n) is 4.38. The lowest BCUT2D eigenvalue weighted by atomic mass is 10.1. The van der Waals surface area contributed by atoms with Crippen molar-refractivity contribution >= 4 is 11.8 Å². The molecule has 0 aliphatic rings. The summed E-state index contributed by atoms with van der Waals surface area (Å²) in [5.41, 5.74) is 4.39. The van der Waals surface area contributed by atoms with Crippen LogP contribution in [0.3, 0.4) is 0 Å². The summed E-state index contributed by atoms with van der Waals surface area (Å²) >= 11 is 1.56. The van der Waals surface area contributed by atoms with E-state index in [0.29, 0.717) is 17.4 Å². The second kappa shape index (κ2) is 7.40. The van der Waals surface area contributed by atoms with Crippen molar-refractivity contribution in [2.24, 2.45) is 0 Å². The maximum absolute atomic E-state index is 13.1. The SMILES string of the molecule is Cc1ccc(-n2ccnc2SCc2ncc(-c3ccc(F)cc3)o2)cc1C. The lowest BCUT2D eigenvalue weighted by Crippen LogP contribution is -1.96.